The number of carbonyl (C=O) groups excluding carboxylic acids is 2. The summed E-state index contributed by atoms with van der Waals surface area (Å²) in [6.07, 6.45) is 7.25. The van der Waals surface area contributed by atoms with Crippen LogP contribution in [-0.4, -0.2) is 57.3 Å². The lowest BCUT2D eigenvalue weighted by Crippen LogP contribution is -2.33. The molecule has 1 aliphatic heterocycles. The average Bonchev–Trinajstić information content (AvgIpc) is 2.99. The summed E-state index contributed by atoms with van der Waals surface area (Å²) in [6.45, 7) is 3.62. The van der Waals surface area contributed by atoms with Crippen LogP contribution in [0.15, 0.2) is 17.7 Å². The molecule has 1 atom stereocenters. The van der Waals surface area contributed by atoms with Crippen molar-refractivity contribution in [1.82, 2.24) is 20.0 Å². The number of nitrogens with one attached hydrogen (secondary N) is 1. The van der Waals surface area contributed by atoms with Crippen LogP contribution in [0.25, 0.3) is 0 Å². The minimum atomic E-state index is -0.700. The third-order valence-corrected chi connectivity index (χ3v) is 4.87. The van der Waals surface area contributed by atoms with Gasteiger partial charge in [-0.3, -0.25) is 14.3 Å². The SMILES string of the molecule is CCN(CCC1=CCCCC1)C(=O)c1cc2n(n1)C[C@@H](O)CNC2=O. The summed E-state index contributed by atoms with van der Waals surface area (Å²) in [5, 5.41) is 16.7. The topological polar surface area (TPSA) is 87.5 Å². The number of hydrogen-bond donors (Lipinski definition) is 2. The molecule has 2 amide bonds. The van der Waals surface area contributed by atoms with Gasteiger partial charge in [0.15, 0.2) is 5.69 Å². The number of carbonyl (C=O) groups is 2. The quantitative estimate of drug-likeness (QED) is 0.788. The van der Waals surface area contributed by atoms with Crippen molar-refractivity contribution in [3.63, 3.8) is 0 Å². The molecule has 1 aromatic rings. The van der Waals surface area contributed by atoms with E-state index < -0.39 is 6.10 Å². The first kappa shape index (κ1) is 17.7. The number of fused-ring (bicyclic) bond motifs is 1. The smallest absolute Gasteiger partial charge is 0.274 e. The first-order valence-electron chi connectivity index (χ1n) is 9.09. The standard InChI is InChI=1S/C18H26N4O3/c1-2-21(9-8-13-6-4-3-5-7-13)18(25)15-10-16-17(24)19-11-14(23)12-22(16)20-15/h6,10,14,23H,2-5,7-9,11-12H2,1H3,(H,19,24)/t14-/m0/s1. The Hall–Kier alpha value is -2.15. The highest BCUT2D eigenvalue weighted by Crippen LogP contribution is 2.20. The molecule has 0 aromatic carbocycles. The molecule has 2 N–H and O–H groups in total. The predicted octanol–water partition coefficient (Wildman–Crippen LogP) is 1.34. The van der Waals surface area contributed by atoms with E-state index in [1.807, 2.05) is 6.92 Å². The Bertz CT molecular complexity index is 680. The second kappa shape index (κ2) is 7.82. The molecule has 1 aromatic heterocycles. The summed E-state index contributed by atoms with van der Waals surface area (Å²) in [7, 11) is 0. The molecule has 7 nitrogen and oxygen atoms in total. The second-order valence-electron chi connectivity index (χ2n) is 6.70. The summed E-state index contributed by atoms with van der Waals surface area (Å²) in [4.78, 5) is 26.6. The number of aliphatic hydroxyl groups excluding tert-OH is 1. The van der Waals surface area contributed by atoms with Gasteiger partial charge in [-0.05, 0) is 39.0 Å². The van der Waals surface area contributed by atoms with Gasteiger partial charge in [-0.25, -0.2) is 0 Å². The highest BCUT2D eigenvalue weighted by atomic mass is 16.3. The van der Waals surface area contributed by atoms with Gasteiger partial charge in [0.2, 0.25) is 0 Å². The zero-order valence-corrected chi connectivity index (χ0v) is 14.7. The lowest BCUT2D eigenvalue weighted by atomic mass is 9.97. The average molecular weight is 346 g/mol. The van der Waals surface area contributed by atoms with Crippen molar-refractivity contribution in [2.75, 3.05) is 19.6 Å². The van der Waals surface area contributed by atoms with Gasteiger partial charge in [0.1, 0.15) is 5.69 Å². The third-order valence-electron chi connectivity index (χ3n) is 4.87. The Labute approximate surface area is 147 Å². The van der Waals surface area contributed by atoms with Crippen LogP contribution >= 0.6 is 0 Å². The Balaban J connectivity index is 1.70. The van der Waals surface area contributed by atoms with Crippen molar-refractivity contribution < 1.29 is 14.7 Å². The largest absolute Gasteiger partial charge is 0.389 e. The molecule has 136 valence electrons. The van der Waals surface area contributed by atoms with E-state index in [4.69, 9.17) is 0 Å². The Morgan fingerprint density at radius 2 is 2.32 bits per heavy atom. The molecule has 0 radical (unpaired) electrons. The number of rotatable bonds is 5. The fraction of sp³-hybridized carbons (Fsp3) is 0.611. The molecule has 0 saturated carbocycles. The molecule has 2 heterocycles. The van der Waals surface area contributed by atoms with Crippen LogP contribution in [0.5, 0.6) is 0 Å². The van der Waals surface area contributed by atoms with Crippen LogP contribution in [0.4, 0.5) is 0 Å². The van der Waals surface area contributed by atoms with Gasteiger partial charge >= 0.3 is 0 Å². The van der Waals surface area contributed by atoms with Gasteiger partial charge in [-0.15, -0.1) is 0 Å². The van der Waals surface area contributed by atoms with Gasteiger partial charge in [0.05, 0.1) is 12.6 Å². The minimum absolute atomic E-state index is 0.165. The van der Waals surface area contributed by atoms with Crippen LogP contribution in [0, 0.1) is 0 Å². The monoisotopic (exact) mass is 346 g/mol. The highest BCUT2D eigenvalue weighted by molar-refractivity contribution is 5.98. The first-order valence-corrected chi connectivity index (χ1v) is 9.09. The molecule has 0 bridgehead atoms. The lowest BCUT2D eigenvalue weighted by Gasteiger charge is -2.21. The van der Waals surface area contributed by atoms with Crippen LogP contribution < -0.4 is 5.32 Å². The van der Waals surface area contributed by atoms with Crippen LogP contribution in [0.1, 0.15) is 60.0 Å². The van der Waals surface area contributed by atoms with Crippen LogP contribution in [0.3, 0.4) is 0 Å². The molecule has 25 heavy (non-hydrogen) atoms. The van der Waals surface area contributed by atoms with E-state index in [0.29, 0.717) is 18.8 Å². The van der Waals surface area contributed by atoms with E-state index in [1.54, 1.807) is 4.90 Å². The number of hydrogen-bond acceptors (Lipinski definition) is 4. The molecule has 0 unspecified atom stereocenters. The zero-order valence-electron chi connectivity index (χ0n) is 14.7. The van der Waals surface area contributed by atoms with Gasteiger partial charge in [0.25, 0.3) is 11.8 Å². The van der Waals surface area contributed by atoms with Crippen molar-refractivity contribution in [2.45, 2.75) is 51.7 Å². The maximum atomic E-state index is 12.8. The van der Waals surface area contributed by atoms with Crippen molar-refractivity contribution in [3.8, 4) is 0 Å². The summed E-state index contributed by atoms with van der Waals surface area (Å²) in [5.41, 5.74) is 2.02. The van der Waals surface area contributed by atoms with E-state index in [2.05, 4.69) is 16.5 Å². The summed E-state index contributed by atoms with van der Waals surface area (Å²) in [5.74, 6) is -0.472. The number of β-amino-alcohol motifs (C(OH)–C–C–N with tert-alkyl or cyclic N) is 1. The zero-order chi connectivity index (χ0) is 17.8. The number of nitrogens with zero attached hydrogens (tertiary/aromatic N) is 3. The maximum absolute atomic E-state index is 12.8. The molecule has 0 fully saturated rings. The van der Waals surface area contributed by atoms with Gasteiger partial charge in [-0.2, -0.15) is 5.10 Å². The Kier molecular flexibility index (Phi) is 5.53. The van der Waals surface area contributed by atoms with Crippen molar-refractivity contribution >= 4 is 11.8 Å². The molecule has 0 spiro atoms. The van der Waals surface area contributed by atoms with Crippen molar-refractivity contribution in [2.24, 2.45) is 0 Å². The number of aliphatic hydroxyl groups is 1. The fourth-order valence-electron chi connectivity index (χ4n) is 3.38. The van der Waals surface area contributed by atoms with E-state index >= 15 is 0 Å². The predicted molar refractivity (Wildman–Crippen MR) is 93.3 cm³/mol. The summed E-state index contributed by atoms with van der Waals surface area (Å²) in [6, 6.07) is 1.53. The minimum Gasteiger partial charge on any atom is -0.389 e. The third kappa shape index (κ3) is 4.10. The molecule has 2 aliphatic rings. The van der Waals surface area contributed by atoms with E-state index in [1.165, 1.54) is 29.2 Å². The van der Waals surface area contributed by atoms with Crippen LogP contribution in [-0.2, 0) is 6.54 Å². The number of allylic oxidation sites excluding steroid dienone is 1. The highest BCUT2D eigenvalue weighted by Gasteiger charge is 2.26. The fourth-order valence-corrected chi connectivity index (χ4v) is 3.38. The number of aromatic nitrogens is 2. The maximum Gasteiger partial charge on any atom is 0.274 e. The summed E-state index contributed by atoms with van der Waals surface area (Å²) < 4.78 is 1.43. The number of amides is 2. The van der Waals surface area contributed by atoms with E-state index in [0.717, 1.165) is 19.3 Å². The Morgan fingerprint density at radius 1 is 1.48 bits per heavy atom. The van der Waals surface area contributed by atoms with Gasteiger partial charge in [0, 0.05) is 25.7 Å². The molecule has 0 saturated heterocycles. The second-order valence-corrected chi connectivity index (χ2v) is 6.70. The Morgan fingerprint density at radius 3 is 3.04 bits per heavy atom. The van der Waals surface area contributed by atoms with Crippen molar-refractivity contribution in [3.05, 3.63) is 29.1 Å². The van der Waals surface area contributed by atoms with E-state index in [9.17, 15) is 14.7 Å². The van der Waals surface area contributed by atoms with Gasteiger partial charge < -0.3 is 15.3 Å². The first-order chi connectivity index (χ1) is 12.1. The molecule has 3 rings (SSSR count). The molecule has 7 heteroatoms. The van der Waals surface area contributed by atoms with Crippen LogP contribution in [0.2, 0.25) is 0 Å². The lowest BCUT2D eigenvalue weighted by molar-refractivity contribution is 0.0757. The molecular weight excluding hydrogens is 320 g/mol. The normalized spacial score (nSPS) is 20.3. The molecular formula is C18H26N4O3. The molecule has 1 aliphatic carbocycles. The van der Waals surface area contributed by atoms with Gasteiger partial charge in [-0.1, -0.05) is 11.6 Å². The summed E-state index contributed by atoms with van der Waals surface area (Å²) >= 11 is 0. The van der Waals surface area contributed by atoms with Crippen molar-refractivity contribution in [1.29, 1.82) is 0 Å². The van der Waals surface area contributed by atoms with E-state index in [-0.39, 0.29) is 30.6 Å².